The van der Waals surface area contributed by atoms with E-state index in [0.717, 1.165) is 0 Å². The minimum Gasteiger partial charge on any atom is -0.496 e. The van der Waals surface area contributed by atoms with Gasteiger partial charge in [0.1, 0.15) is 5.75 Å². The number of hydrogen-bond acceptors (Lipinski definition) is 6. The first-order valence-electron chi connectivity index (χ1n) is 5.37. The summed E-state index contributed by atoms with van der Waals surface area (Å²) in [6.45, 7) is -0.234. The van der Waals surface area contributed by atoms with E-state index < -0.39 is 6.04 Å². The summed E-state index contributed by atoms with van der Waals surface area (Å²) in [5.74, 6) is 1.76. The third kappa shape index (κ3) is 2.44. The maximum atomic E-state index is 9.21. The molecule has 0 bridgehead atoms. The number of benzene rings is 1. The Hall–Kier alpha value is -1.66. The van der Waals surface area contributed by atoms with Gasteiger partial charge in [-0.1, -0.05) is 0 Å². The van der Waals surface area contributed by atoms with Gasteiger partial charge in [-0.25, -0.2) is 0 Å². The van der Waals surface area contributed by atoms with E-state index in [1.165, 1.54) is 28.4 Å². The van der Waals surface area contributed by atoms with Gasteiger partial charge in [0.25, 0.3) is 0 Å². The van der Waals surface area contributed by atoms with Crippen LogP contribution in [-0.2, 0) is 0 Å². The molecule has 3 N–H and O–H groups in total. The van der Waals surface area contributed by atoms with Crippen molar-refractivity contribution < 1.29 is 24.1 Å². The van der Waals surface area contributed by atoms with E-state index in [2.05, 4.69) is 0 Å². The Bertz CT molecular complexity index is 408. The number of aliphatic hydroxyl groups excluding tert-OH is 1. The summed E-state index contributed by atoms with van der Waals surface area (Å²) in [4.78, 5) is 0. The highest BCUT2D eigenvalue weighted by atomic mass is 16.5. The number of nitrogens with two attached hydrogens (primary N) is 1. The van der Waals surface area contributed by atoms with E-state index in [4.69, 9.17) is 24.7 Å². The van der Waals surface area contributed by atoms with Gasteiger partial charge in [-0.05, 0) is 0 Å². The van der Waals surface area contributed by atoms with Gasteiger partial charge in [-0.15, -0.1) is 0 Å². The maximum absolute atomic E-state index is 9.21. The van der Waals surface area contributed by atoms with Crippen molar-refractivity contribution in [2.45, 2.75) is 6.04 Å². The average Bonchev–Trinajstić information content (AvgIpc) is 2.43. The molecule has 0 aromatic heterocycles. The zero-order chi connectivity index (χ0) is 13.7. The minimum atomic E-state index is -0.630. The predicted molar refractivity (Wildman–Crippen MR) is 66.7 cm³/mol. The molecular formula is C12H19NO5. The molecule has 1 rings (SSSR count). The van der Waals surface area contributed by atoms with Gasteiger partial charge >= 0.3 is 0 Å². The van der Waals surface area contributed by atoms with E-state index in [1.807, 2.05) is 0 Å². The average molecular weight is 257 g/mol. The highest BCUT2D eigenvalue weighted by Gasteiger charge is 2.24. The lowest BCUT2D eigenvalue weighted by atomic mass is 10.0. The Morgan fingerprint density at radius 1 is 1.00 bits per heavy atom. The van der Waals surface area contributed by atoms with Gasteiger partial charge in [0.05, 0.1) is 46.7 Å². The summed E-state index contributed by atoms with van der Waals surface area (Å²) in [5, 5.41) is 9.21. The number of aliphatic hydroxyl groups is 1. The van der Waals surface area contributed by atoms with Crippen LogP contribution in [0.15, 0.2) is 6.07 Å². The van der Waals surface area contributed by atoms with Crippen LogP contribution in [0.2, 0.25) is 0 Å². The highest BCUT2D eigenvalue weighted by Crippen LogP contribution is 2.46. The first-order chi connectivity index (χ1) is 8.64. The third-order valence-corrected chi connectivity index (χ3v) is 2.62. The third-order valence-electron chi connectivity index (χ3n) is 2.62. The largest absolute Gasteiger partial charge is 0.496 e. The van der Waals surface area contributed by atoms with Gasteiger partial charge in [-0.3, -0.25) is 0 Å². The van der Waals surface area contributed by atoms with Crippen molar-refractivity contribution in [1.82, 2.24) is 0 Å². The van der Waals surface area contributed by atoms with Crippen LogP contribution in [0.3, 0.4) is 0 Å². The van der Waals surface area contributed by atoms with Gasteiger partial charge in [0.15, 0.2) is 11.5 Å². The number of rotatable bonds is 6. The summed E-state index contributed by atoms with van der Waals surface area (Å²) in [6, 6.07) is 1.02. The summed E-state index contributed by atoms with van der Waals surface area (Å²) < 4.78 is 21.0. The second-order valence-corrected chi connectivity index (χ2v) is 3.55. The van der Waals surface area contributed by atoms with E-state index >= 15 is 0 Å². The van der Waals surface area contributed by atoms with Crippen LogP contribution >= 0.6 is 0 Å². The van der Waals surface area contributed by atoms with E-state index in [0.29, 0.717) is 28.6 Å². The van der Waals surface area contributed by atoms with Crippen molar-refractivity contribution in [2.75, 3.05) is 35.0 Å². The van der Waals surface area contributed by atoms with E-state index in [1.54, 1.807) is 6.07 Å². The van der Waals surface area contributed by atoms with Crippen molar-refractivity contribution in [3.8, 4) is 23.0 Å². The van der Waals surface area contributed by atoms with Crippen LogP contribution in [0, 0.1) is 0 Å². The molecule has 0 aliphatic rings. The molecule has 0 heterocycles. The van der Waals surface area contributed by atoms with Crippen LogP contribution in [0.5, 0.6) is 23.0 Å². The van der Waals surface area contributed by atoms with Crippen LogP contribution < -0.4 is 24.7 Å². The van der Waals surface area contributed by atoms with E-state index in [-0.39, 0.29) is 6.61 Å². The van der Waals surface area contributed by atoms with Crippen LogP contribution in [0.25, 0.3) is 0 Å². The van der Waals surface area contributed by atoms with Gasteiger partial charge < -0.3 is 29.8 Å². The van der Waals surface area contributed by atoms with Crippen molar-refractivity contribution in [3.05, 3.63) is 11.6 Å². The monoisotopic (exact) mass is 257 g/mol. The smallest absolute Gasteiger partial charge is 0.203 e. The van der Waals surface area contributed by atoms with Crippen LogP contribution in [-0.4, -0.2) is 40.2 Å². The predicted octanol–water partition coefficient (Wildman–Crippen LogP) is 0.713. The second-order valence-electron chi connectivity index (χ2n) is 3.55. The van der Waals surface area contributed by atoms with E-state index in [9.17, 15) is 5.11 Å². The Morgan fingerprint density at radius 2 is 1.56 bits per heavy atom. The molecule has 0 aliphatic heterocycles. The van der Waals surface area contributed by atoms with Crippen molar-refractivity contribution in [1.29, 1.82) is 0 Å². The number of hydrogen-bond donors (Lipinski definition) is 2. The zero-order valence-electron chi connectivity index (χ0n) is 11.0. The molecule has 102 valence electrons. The molecule has 1 aromatic carbocycles. The van der Waals surface area contributed by atoms with Gasteiger partial charge in [-0.2, -0.15) is 0 Å². The lowest BCUT2D eigenvalue weighted by molar-refractivity contribution is 0.257. The molecule has 6 heteroatoms. The molecule has 1 atom stereocenters. The molecule has 0 saturated heterocycles. The van der Waals surface area contributed by atoms with Crippen molar-refractivity contribution in [2.24, 2.45) is 5.73 Å². The Kier molecular flexibility index (Phi) is 5.06. The van der Waals surface area contributed by atoms with Crippen molar-refractivity contribution in [3.63, 3.8) is 0 Å². The lowest BCUT2D eigenvalue weighted by Crippen LogP contribution is -2.17. The van der Waals surface area contributed by atoms with Gasteiger partial charge in [0, 0.05) is 6.07 Å². The first-order valence-corrected chi connectivity index (χ1v) is 5.37. The number of methoxy groups -OCH3 is 4. The molecule has 0 radical (unpaired) electrons. The summed E-state index contributed by atoms with van der Waals surface area (Å²) in [5.41, 5.74) is 6.40. The zero-order valence-corrected chi connectivity index (χ0v) is 11.0. The fraction of sp³-hybridized carbons (Fsp3) is 0.500. The van der Waals surface area contributed by atoms with Gasteiger partial charge in [0.2, 0.25) is 5.75 Å². The molecule has 0 saturated carbocycles. The number of ether oxygens (including phenoxy) is 4. The first kappa shape index (κ1) is 14.4. The molecule has 6 nitrogen and oxygen atoms in total. The fourth-order valence-corrected chi connectivity index (χ4v) is 1.77. The second kappa shape index (κ2) is 6.32. The standard InChI is InChI=1S/C12H19NO5/c1-15-8-5-9(16-2)11(17-3)12(18-4)10(8)7(13)6-14/h5,7,14H,6,13H2,1-4H3/t7-/m0/s1. The SMILES string of the molecule is COc1cc(OC)c([C@@H](N)CO)c(OC)c1OC. The Balaban J connectivity index is 3.55. The molecule has 18 heavy (non-hydrogen) atoms. The van der Waals surface area contributed by atoms with Crippen LogP contribution in [0.4, 0.5) is 0 Å². The lowest BCUT2D eigenvalue weighted by Gasteiger charge is -2.21. The summed E-state index contributed by atoms with van der Waals surface area (Å²) >= 11 is 0. The Labute approximate surface area is 106 Å². The summed E-state index contributed by atoms with van der Waals surface area (Å²) in [7, 11) is 6.02. The highest BCUT2D eigenvalue weighted by molar-refractivity contribution is 5.62. The normalized spacial score (nSPS) is 11.9. The topological polar surface area (TPSA) is 83.2 Å². The molecule has 0 fully saturated rings. The Morgan fingerprint density at radius 3 is 1.94 bits per heavy atom. The quantitative estimate of drug-likeness (QED) is 0.781. The maximum Gasteiger partial charge on any atom is 0.203 e. The molecule has 0 aliphatic carbocycles. The van der Waals surface area contributed by atoms with Crippen LogP contribution in [0.1, 0.15) is 11.6 Å². The molecule has 1 aromatic rings. The fourth-order valence-electron chi connectivity index (χ4n) is 1.77. The van der Waals surface area contributed by atoms with Crippen molar-refractivity contribution >= 4 is 0 Å². The molecular weight excluding hydrogens is 238 g/mol. The minimum absolute atomic E-state index is 0.234. The molecule has 0 unspecified atom stereocenters. The molecule has 0 spiro atoms. The molecule has 0 amide bonds. The summed E-state index contributed by atoms with van der Waals surface area (Å²) in [6.07, 6.45) is 0.